The van der Waals surface area contributed by atoms with Crippen molar-refractivity contribution in [2.24, 2.45) is 0 Å². The molecular formula is C15H11ClO2. The Balaban J connectivity index is 2.15. The molecule has 1 heterocycles. The summed E-state index contributed by atoms with van der Waals surface area (Å²) in [7, 11) is 1.64. The third-order valence-corrected chi connectivity index (χ3v) is 3.19. The van der Waals surface area contributed by atoms with Crippen molar-refractivity contribution in [3.63, 3.8) is 0 Å². The number of hydrogen-bond acceptors (Lipinski definition) is 2. The SMILES string of the molecule is COc1ccc2c(-c3ccc(Cl)cc3)coc2c1. The Hall–Kier alpha value is -1.93. The Kier molecular flexibility index (Phi) is 2.73. The molecule has 0 aliphatic rings. The predicted molar refractivity (Wildman–Crippen MR) is 73.2 cm³/mol. The number of fused-ring (bicyclic) bond motifs is 1. The molecule has 3 heteroatoms. The Labute approximate surface area is 110 Å². The number of halogens is 1. The van der Waals surface area contributed by atoms with Gasteiger partial charge >= 0.3 is 0 Å². The average Bonchev–Trinajstić information content (AvgIpc) is 2.82. The van der Waals surface area contributed by atoms with E-state index in [-0.39, 0.29) is 0 Å². The molecule has 0 radical (unpaired) electrons. The second-order valence-electron chi connectivity index (χ2n) is 4.02. The van der Waals surface area contributed by atoms with Crippen LogP contribution in [0.1, 0.15) is 0 Å². The number of hydrogen-bond donors (Lipinski definition) is 0. The molecule has 0 fully saturated rings. The highest BCUT2D eigenvalue weighted by Crippen LogP contribution is 2.33. The van der Waals surface area contributed by atoms with Gasteiger partial charge in [-0.1, -0.05) is 23.7 Å². The van der Waals surface area contributed by atoms with Crippen molar-refractivity contribution in [3.05, 3.63) is 53.8 Å². The van der Waals surface area contributed by atoms with E-state index in [1.54, 1.807) is 13.4 Å². The van der Waals surface area contributed by atoms with Crippen LogP contribution in [0, 0.1) is 0 Å². The van der Waals surface area contributed by atoms with Gasteiger partial charge in [0.15, 0.2) is 0 Å². The van der Waals surface area contributed by atoms with Gasteiger partial charge in [0.1, 0.15) is 11.3 Å². The minimum absolute atomic E-state index is 0.730. The van der Waals surface area contributed by atoms with Crippen molar-refractivity contribution in [2.45, 2.75) is 0 Å². The van der Waals surface area contributed by atoms with Crippen LogP contribution < -0.4 is 4.74 Å². The molecule has 2 aromatic carbocycles. The second kappa shape index (κ2) is 4.39. The smallest absolute Gasteiger partial charge is 0.138 e. The highest BCUT2D eigenvalue weighted by Gasteiger charge is 2.08. The molecule has 90 valence electrons. The van der Waals surface area contributed by atoms with Crippen molar-refractivity contribution < 1.29 is 9.15 Å². The number of ether oxygens (including phenoxy) is 1. The van der Waals surface area contributed by atoms with Gasteiger partial charge in [0, 0.05) is 22.0 Å². The number of benzene rings is 2. The van der Waals surface area contributed by atoms with E-state index in [9.17, 15) is 0 Å². The van der Waals surface area contributed by atoms with E-state index < -0.39 is 0 Å². The Morgan fingerprint density at radius 2 is 1.83 bits per heavy atom. The second-order valence-corrected chi connectivity index (χ2v) is 4.45. The zero-order chi connectivity index (χ0) is 12.5. The quantitative estimate of drug-likeness (QED) is 0.661. The lowest BCUT2D eigenvalue weighted by Crippen LogP contribution is -1.81. The molecule has 0 aliphatic heterocycles. The van der Waals surface area contributed by atoms with E-state index in [2.05, 4.69) is 0 Å². The molecule has 18 heavy (non-hydrogen) atoms. The van der Waals surface area contributed by atoms with Crippen molar-refractivity contribution in [3.8, 4) is 16.9 Å². The van der Waals surface area contributed by atoms with E-state index in [0.717, 1.165) is 32.9 Å². The molecule has 0 spiro atoms. The van der Waals surface area contributed by atoms with Crippen molar-refractivity contribution >= 4 is 22.6 Å². The molecule has 0 unspecified atom stereocenters. The summed E-state index contributed by atoms with van der Waals surface area (Å²) in [5.41, 5.74) is 2.96. The van der Waals surface area contributed by atoms with Gasteiger partial charge in [-0.15, -0.1) is 0 Å². The summed E-state index contributed by atoms with van der Waals surface area (Å²) >= 11 is 5.89. The molecule has 0 atom stereocenters. The fourth-order valence-electron chi connectivity index (χ4n) is 1.99. The maximum absolute atomic E-state index is 5.89. The van der Waals surface area contributed by atoms with E-state index in [0.29, 0.717) is 0 Å². The van der Waals surface area contributed by atoms with Crippen LogP contribution in [0.3, 0.4) is 0 Å². The van der Waals surface area contributed by atoms with Gasteiger partial charge in [-0.2, -0.15) is 0 Å². The summed E-state index contributed by atoms with van der Waals surface area (Å²) in [5, 5.41) is 1.80. The van der Waals surface area contributed by atoms with Crippen LogP contribution in [0.15, 0.2) is 53.1 Å². The Bertz CT molecular complexity index is 683. The average molecular weight is 259 g/mol. The number of furan rings is 1. The van der Waals surface area contributed by atoms with Crippen molar-refractivity contribution in [1.29, 1.82) is 0 Å². The van der Waals surface area contributed by atoms with Crippen molar-refractivity contribution in [2.75, 3.05) is 7.11 Å². The van der Waals surface area contributed by atoms with E-state index in [1.807, 2.05) is 42.5 Å². The van der Waals surface area contributed by atoms with Crippen LogP contribution in [-0.4, -0.2) is 7.11 Å². The summed E-state index contributed by atoms with van der Waals surface area (Å²) in [6.07, 6.45) is 1.76. The summed E-state index contributed by atoms with van der Waals surface area (Å²) in [5.74, 6) is 0.791. The van der Waals surface area contributed by atoms with Gasteiger partial charge < -0.3 is 9.15 Å². The van der Waals surface area contributed by atoms with Gasteiger partial charge in [-0.25, -0.2) is 0 Å². The van der Waals surface area contributed by atoms with Crippen molar-refractivity contribution in [1.82, 2.24) is 0 Å². The fourth-order valence-corrected chi connectivity index (χ4v) is 2.11. The number of rotatable bonds is 2. The molecule has 2 nitrogen and oxygen atoms in total. The lowest BCUT2D eigenvalue weighted by molar-refractivity contribution is 0.414. The van der Waals surface area contributed by atoms with Gasteiger partial charge in [0.2, 0.25) is 0 Å². The maximum atomic E-state index is 5.89. The third kappa shape index (κ3) is 1.85. The molecule has 3 aromatic rings. The van der Waals surface area contributed by atoms with Crippen LogP contribution in [-0.2, 0) is 0 Å². The third-order valence-electron chi connectivity index (χ3n) is 2.94. The first-order valence-corrected chi connectivity index (χ1v) is 5.97. The lowest BCUT2D eigenvalue weighted by atomic mass is 10.1. The minimum Gasteiger partial charge on any atom is -0.497 e. The first-order valence-electron chi connectivity index (χ1n) is 5.59. The predicted octanol–water partition coefficient (Wildman–Crippen LogP) is 4.76. The zero-order valence-corrected chi connectivity index (χ0v) is 10.6. The summed E-state index contributed by atoms with van der Waals surface area (Å²) in [6.45, 7) is 0. The van der Waals surface area contributed by atoms with Gasteiger partial charge in [0.05, 0.1) is 13.4 Å². The molecule has 0 N–H and O–H groups in total. The maximum Gasteiger partial charge on any atom is 0.138 e. The van der Waals surface area contributed by atoms with E-state index in [4.69, 9.17) is 20.8 Å². The fraction of sp³-hybridized carbons (Fsp3) is 0.0667. The van der Waals surface area contributed by atoms with Gasteiger partial charge in [-0.05, 0) is 29.8 Å². The topological polar surface area (TPSA) is 22.4 Å². The van der Waals surface area contributed by atoms with Crippen LogP contribution in [0.5, 0.6) is 5.75 Å². The van der Waals surface area contributed by atoms with Crippen LogP contribution in [0.4, 0.5) is 0 Å². The first-order chi connectivity index (χ1) is 8.78. The molecular weight excluding hydrogens is 248 g/mol. The van der Waals surface area contributed by atoms with Crippen LogP contribution in [0.2, 0.25) is 5.02 Å². The molecule has 0 aliphatic carbocycles. The lowest BCUT2D eigenvalue weighted by Gasteiger charge is -2.00. The van der Waals surface area contributed by atoms with Crippen LogP contribution >= 0.6 is 11.6 Å². The Morgan fingerprint density at radius 1 is 1.06 bits per heavy atom. The minimum atomic E-state index is 0.730. The normalized spacial score (nSPS) is 10.8. The van der Waals surface area contributed by atoms with E-state index in [1.165, 1.54) is 0 Å². The molecule has 3 rings (SSSR count). The first kappa shape index (κ1) is 11.2. The standard InChI is InChI=1S/C15H11ClO2/c1-17-12-6-7-13-14(9-18-15(13)8-12)10-2-4-11(16)5-3-10/h2-9H,1H3. The molecule has 0 saturated carbocycles. The molecule has 0 amide bonds. The summed E-state index contributed by atoms with van der Waals surface area (Å²) in [6, 6.07) is 13.5. The zero-order valence-electron chi connectivity index (χ0n) is 9.81. The summed E-state index contributed by atoms with van der Waals surface area (Å²) in [4.78, 5) is 0. The van der Waals surface area contributed by atoms with Gasteiger partial charge in [-0.3, -0.25) is 0 Å². The molecule has 0 bridgehead atoms. The molecule has 0 saturated heterocycles. The monoisotopic (exact) mass is 258 g/mol. The largest absolute Gasteiger partial charge is 0.497 e. The van der Waals surface area contributed by atoms with Gasteiger partial charge in [0.25, 0.3) is 0 Å². The van der Waals surface area contributed by atoms with E-state index >= 15 is 0 Å². The van der Waals surface area contributed by atoms with Crippen LogP contribution in [0.25, 0.3) is 22.1 Å². The highest BCUT2D eigenvalue weighted by molar-refractivity contribution is 6.30. The highest BCUT2D eigenvalue weighted by atomic mass is 35.5. The molecule has 1 aromatic heterocycles. The Morgan fingerprint density at radius 3 is 2.56 bits per heavy atom. The number of methoxy groups -OCH3 is 1. The summed E-state index contributed by atoms with van der Waals surface area (Å²) < 4.78 is 10.7.